The smallest absolute Gasteiger partial charge is 0.267 e. The first kappa shape index (κ1) is 10.2. The average molecular weight is 253 g/mol. The van der Waals surface area contributed by atoms with E-state index in [1.54, 1.807) is 0 Å². The third kappa shape index (κ3) is 1.88. The van der Waals surface area contributed by atoms with Crippen LogP contribution in [0.1, 0.15) is 17.6 Å². The molecule has 0 amide bonds. The van der Waals surface area contributed by atoms with Crippen molar-refractivity contribution in [3.63, 3.8) is 0 Å². The van der Waals surface area contributed by atoms with E-state index >= 15 is 0 Å². The molecule has 1 aromatic heterocycles. The van der Waals surface area contributed by atoms with Crippen LogP contribution in [0.25, 0.3) is 0 Å². The summed E-state index contributed by atoms with van der Waals surface area (Å²) in [5.74, 6) is -0.524. The molecule has 13 heavy (non-hydrogen) atoms. The Hall–Kier alpha value is -0.910. The minimum absolute atomic E-state index is 0.0856. The van der Waals surface area contributed by atoms with Crippen LogP contribution in [0.4, 0.5) is 14.6 Å². The highest BCUT2D eigenvalue weighted by Gasteiger charge is 2.19. The van der Waals surface area contributed by atoms with Crippen LogP contribution in [-0.4, -0.2) is 10.1 Å². The third-order valence-electron chi connectivity index (χ3n) is 1.59. The van der Waals surface area contributed by atoms with Gasteiger partial charge < -0.3 is 10.8 Å². The van der Waals surface area contributed by atoms with Gasteiger partial charge in [-0.15, -0.1) is 0 Å². The van der Waals surface area contributed by atoms with Crippen molar-refractivity contribution in [2.75, 3.05) is 5.73 Å². The van der Waals surface area contributed by atoms with E-state index in [2.05, 4.69) is 20.9 Å². The molecule has 0 spiro atoms. The van der Waals surface area contributed by atoms with Crippen molar-refractivity contribution in [1.29, 1.82) is 0 Å². The van der Waals surface area contributed by atoms with Gasteiger partial charge in [-0.05, 0) is 0 Å². The number of halogens is 3. The van der Waals surface area contributed by atoms with Gasteiger partial charge in [-0.25, -0.2) is 13.8 Å². The number of rotatable bonds is 2. The fourth-order valence-corrected chi connectivity index (χ4v) is 1.54. The molecule has 0 radical (unpaired) electrons. The number of anilines is 1. The van der Waals surface area contributed by atoms with E-state index in [4.69, 9.17) is 5.73 Å². The maximum absolute atomic E-state index is 12.4. The van der Waals surface area contributed by atoms with Crippen LogP contribution >= 0.6 is 15.9 Å². The molecule has 0 fully saturated rings. The van der Waals surface area contributed by atoms with Crippen molar-refractivity contribution in [1.82, 2.24) is 4.98 Å². The normalized spacial score (nSPS) is 10.8. The fraction of sp³-hybridized carbons (Fsp3) is 0.286. The van der Waals surface area contributed by atoms with E-state index in [1.807, 2.05) is 0 Å². The molecule has 0 saturated carbocycles. The van der Waals surface area contributed by atoms with Crippen molar-refractivity contribution in [2.24, 2.45) is 0 Å². The zero-order valence-electron chi connectivity index (χ0n) is 6.47. The second kappa shape index (κ2) is 3.87. The van der Waals surface area contributed by atoms with E-state index in [9.17, 15) is 13.9 Å². The Morgan fingerprint density at radius 2 is 2.23 bits per heavy atom. The minimum atomic E-state index is -2.73. The van der Waals surface area contributed by atoms with Crippen molar-refractivity contribution in [3.05, 3.63) is 17.3 Å². The van der Waals surface area contributed by atoms with Crippen LogP contribution in [0, 0.1) is 0 Å². The monoisotopic (exact) mass is 252 g/mol. The van der Waals surface area contributed by atoms with Gasteiger partial charge >= 0.3 is 0 Å². The summed E-state index contributed by atoms with van der Waals surface area (Å²) in [6.07, 6.45) is -1.68. The predicted octanol–water partition coefficient (Wildman–Crippen LogP) is 2.20. The highest BCUT2D eigenvalue weighted by Crippen LogP contribution is 2.33. The molecule has 6 heteroatoms. The summed E-state index contributed by atoms with van der Waals surface area (Å²) in [5, 5.41) is 9.30. The second-order valence-electron chi connectivity index (χ2n) is 2.36. The summed E-state index contributed by atoms with van der Waals surface area (Å²) in [6.45, 7) is 0. The van der Waals surface area contributed by atoms with Crippen LogP contribution in [0.2, 0.25) is 0 Å². The molecule has 0 bridgehead atoms. The summed E-state index contributed by atoms with van der Waals surface area (Å²) < 4.78 is 24.8. The number of hydrogen-bond donors (Lipinski definition) is 2. The number of aromatic hydroxyl groups is 1. The molecule has 0 aliphatic heterocycles. The third-order valence-corrected chi connectivity index (χ3v) is 2.15. The number of nitrogens with zero attached hydrogens (tertiary/aromatic N) is 1. The Bertz CT molecular complexity index is 320. The summed E-state index contributed by atoms with van der Waals surface area (Å²) in [6, 6.07) is 0. The lowest BCUT2D eigenvalue weighted by atomic mass is 10.1. The van der Waals surface area contributed by atoms with Gasteiger partial charge in [0.25, 0.3) is 6.43 Å². The molecule has 3 nitrogen and oxygen atoms in total. The summed E-state index contributed by atoms with van der Waals surface area (Å²) in [4.78, 5) is 3.44. The fourth-order valence-electron chi connectivity index (χ4n) is 0.955. The maximum Gasteiger partial charge on any atom is 0.267 e. The van der Waals surface area contributed by atoms with Gasteiger partial charge in [0.2, 0.25) is 0 Å². The van der Waals surface area contributed by atoms with Gasteiger partial charge in [0.15, 0.2) is 0 Å². The van der Waals surface area contributed by atoms with Crippen molar-refractivity contribution >= 4 is 21.7 Å². The van der Waals surface area contributed by atoms with Crippen molar-refractivity contribution in [3.8, 4) is 5.75 Å². The second-order valence-corrected chi connectivity index (χ2v) is 2.92. The molecule has 1 heterocycles. The number of hydrogen-bond acceptors (Lipinski definition) is 3. The van der Waals surface area contributed by atoms with Gasteiger partial charge in [-0.1, -0.05) is 15.9 Å². The zero-order valence-corrected chi connectivity index (χ0v) is 8.05. The molecular formula is C7H7BrF2N2O. The predicted molar refractivity (Wildman–Crippen MR) is 47.9 cm³/mol. The van der Waals surface area contributed by atoms with E-state index in [0.29, 0.717) is 0 Å². The van der Waals surface area contributed by atoms with E-state index < -0.39 is 12.0 Å². The zero-order chi connectivity index (χ0) is 10.0. The SMILES string of the molecule is Nc1ncc(O)c(CBr)c1C(F)F. The lowest BCUT2D eigenvalue weighted by molar-refractivity contribution is 0.150. The number of nitrogens with two attached hydrogens (primary N) is 1. The van der Waals surface area contributed by atoms with E-state index in [0.717, 1.165) is 6.20 Å². The largest absolute Gasteiger partial charge is 0.506 e. The Morgan fingerprint density at radius 1 is 1.62 bits per heavy atom. The lowest BCUT2D eigenvalue weighted by Crippen LogP contribution is -2.02. The molecule has 1 rings (SSSR count). The highest BCUT2D eigenvalue weighted by molar-refractivity contribution is 9.08. The first-order chi connectivity index (χ1) is 6.07. The molecule has 0 aliphatic rings. The summed E-state index contributed by atoms with van der Waals surface area (Å²) in [5.41, 5.74) is 4.92. The standard InChI is InChI=1S/C7H7BrF2N2O/c8-1-3-4(13)2-12-7(11)5(3)6(9)10/h2,6,13H,1H2,(H2,11,12). The molecule has 0 aliphatic carbocycles. The first-order valence-electron chi connectivity index (χ1n) is 3.38. The first-order valence-corrected chi connectivity index (χ1v) is 4.50. The topological polar surface area (TPSA) is 59.1 Å². The molecule has 0 unspecified atom stereocenters. The number of alkyl halides is 3. The molecule has 3 N–H and O–H groups in total. The highest BCUT2D eigenvalue weighted by atomic mass is 79.9. The van der Waals surface area contributed by atoms with Crippen molar-refractivity contribution < 1.29 is 13.9 Å². The van der Waals surface area contributed by atoms with Gasteiger partial charge in [-0.2, -0.15) is 0 Å². The molecule has 1 aromatic rings. The Labute approximate surface area is 81.7 Å². The van der Waals surface area contributed by atoms with Gasteiger partial charge in [-0.3, -0.25) is 0 Å². The molecule has 72 valence electrons. The Morgan fingerprint density at radius 3 is 2.62 bits per heavy atom. The van der Waals surface area contributed by atoms with Crippen LogP contribution in [-0.2, 0) is 5.33 Å². The Balaban J connectivity index is 3.35. The summed E-state index contributed by atoms with van der Waals surface area (Å²) in [7, 11) is 0. The van der Waals surface area contributed by atoms with Crippen LogP contribution in [0.15, 0.2) is 6.20 Å². The molecule has 0 atom stereocenters. The molecular weight excluding hydrogens is 246 g/mol. The maximum atomic E-state index is 12.4. The van der Waals surface area contributed by atoms with E-state index in [-0.39, 0.29) is 22.5 Å². The quantitative estimate of drug-likeness (QED) is 0.794. The van der Waals surface area contributed by atoms with Gasteiger partial charge in [0.05, 0.1) is 11.8 Å². The Kier molecular flexibility index (Phi) is 3.02. The molecule has 0 saturated heterocycles. The molecule has 0 aromatic carbocycles. The number of aromatic nitrogens is 1. The lowest BCUT2D eigenvalue weighted by Gasteiger charge is -2.09. The number of nitrogen functional groups attached to an aromatic ring is 1. The summed E-state index contributed by atoms with van der Waals surface area (Å²) >= 11 is 2.98. The van der Waals surface area contributed by atoms with Crippen LogP contribution in [0.3, 0.4) is 0 Å². The van der Waals surface area contributed by atoms with Crippen molar-refractivity contribution in [2.45, 2.75) is 11.8 Å². The average Bonchev–Trinajstić information content (AvgIpc) is 2.07. The minimum Gasteiger partial charge on any atom is -0.506 e. The van der Waals surface area contributed by atoms with Crippen LogP contribution < -0.4 is 5.73 Å². The van der Waals surface area contributed by atoms with Gasteiger partial charge in [0.1, 0.15) is 11.6 Å². The van der Waals surface area contributed by atoms with Crippen LogP contribution in [0.5, 0.6) is 5.75 Å². The number of pyridine rings is 1. The van der Waals surface area contributed by atoms with E-state index in [1.165, 1.54) is 0 Å². The van der Waals surface area contributed by atoms with Gasteiger partial charge in [0, 0.05) is 10.9 Å².